The van der Waals surface area contributed by atoms with E-state index < -0.39 is 0 Å². The third kappa shape index (κ3) is 12.6. The number of benzene rings is 7. The summed E-state index contributed by atoms with van der Waals surface area (Å²) in [4.78, 5) is 56.4. The Morgan fingerprint density at radius 3 is 1.51 bits per heavy atom. The summed E-state index contributed by atoms with van der Waals surface area (Å²) in [5.74, 6) is 3.93. The highest BCUT2D eigenvalue weighted by molar-refractivity contribution is 6.03. The lowest BCUT2D eigenvalue weighted by atomic mass is 9.82. The van der Waals surface area contributed by atoms with E-state index in [4.69, 9.17) is 42.1 Å². The van der Waals surface area contributed by atoms with Crippen LogP contribution in [0, 0.1) is 5.92 Å². The number of aromatic nitrogens is 12. The Balaban J connectivity index is 0.000000118. The van der Waals surface area contributed by atoms with Crippen LogP contribution in [0.1, 0.15) is 50.2 Å². The number of nitrogens with zero attached hydrogens (tertiary/aromatic N) is 13. The standard InChI is InChI=1S/C30H31N7O.C27H19N5.C25H21N5O/c1-2-32-30(38)36-15-12-20(13-16-36)18-26-35-27(28-29(31)33-14-17-37(26)28)23-9-8-22-10-11-24(34-25(22)19-23)21-6-4-3-5-7-21;28-26-25-22(16-32(27(25)30-17-29-26)21-9-5-2-6-10-21)20-12-11-19-13-14-23(31-24(19)15-20)18-7-3-1-4-8-18;26-24-23-22(29-25(18-12-19(31)13-18)30(23)11-10-27-24)17-7-6-16-8-9-20(28-21(16)14-17)15-4-2-1-3-5-15/h3-11,14,17,19-20H,2,12-13,15-16,18H2,1H3,(H2,31,33)(H,32,38);1-17H,(H2,28,29,30);1-11,14,18-19,31H,12-13H2,(H2,26,27). The highest BCUT2D eigenvalue weighted by Crippen LogP contribution is 2.41. The number of piperidine rings is 1. The van der Waals surface area contributed by atoms with E-state index in [1.165, 1.54) is 6.33 Å². The fourth-order valence-corrected chi connectivity index (χ4v) is 13.9. The number of fused-ring (bicyclic) bond motifs is 6. The third-order valence-corrected chi connectivity index (χ3v) is 19.2. The smallest absolute Gasteiger partial charge is 0.317 e. The summed E-state index contributed by atoms with van der Waals surface area (Å²) < 4.78 is 6.15. The van der Waals surface area contributed by atoms with E-state index in [0.717, 1.165) is 185 Å². The number of aliphatic hydroxyl groups is 1. The van der Waals surface area contributed by atoms with E-state index in [-0.39, 0.29) is 18.1 Å². The second-order valence-electron chi connectivity index (χ2n) is 25.7. The van der Waals surface area contributed by atoms with Gasteiger partial charge in [0.1, 0.15) is 57.9 Å². The summed E-state index contributed by atoms with van der Waals surface area (Å²) in [6.45, 7) is 4.11. The van der Waals surface area contributed by atoms with E-state index in [1.54, 1.807) is 12.4 Å². The van der Waals surface area contributed by atoms with Gasteiger partial charge in [0, 0.05) is 118 Å². The molecule has 7 aromatic carbocycles. The first-order valence-electron chi connectivity index (χ1n) is 34.1. The van der Waals surface area contributed by atoms with Crippen molar-refractivity contribution in [3.8, 4) is 73.1 Å². The Morgan fingerprint density at radius 2 is 0.990 bits per heavy atom. The molecule has 101 heavy (non-hydrogen) atoms. The molecule has 19 heteroatoms. The number of amides is 2. The fraction of sp³-hybridized carbons (Fsp3) is 0.146. The molecule has 496 valence electrons. The van der Waals surface area contributed by atoms with E-state index in [0.29, 0.717) is 29.9 Å². The van der Waals surface area contributed by atoms with Gasteiger partial charge in [0.25, 0.3) is 0 Å². The molecule has 1 aliphatic carbocycles. The number of nitrogens with one attached hydrogen (secondary N) is 1. The minimum atomic E-state index is -0.249. The quantitative estimate of drug-likeness (QED) is 0.0807. The maximum atomic E-state index is 12.2. The summed E-state index contributed by atoms with van der Waals surface area (Å²) in [5, 5.41) is 16.8. The Hall–Kier alpha value is -12.7. The number of urea groups is 1. The molecule has 0 spiro atoms. The topological polar surface area (TPSA) is 260 Å². The van der Waals surface area contributed by atoms with Gasteiger partial charge in [0.2, 0.25) is 0 Å². The number of hydrogen-bond acceptors (Lipinski definition) is 14. The Morgan fingerprint density at radius 1 is 0.515 bits per heavy atom. The maximum Gasteiger partial charge on any atom is 0.317 e. The largest absolute Gasteiger partial charge is 0.393 e. The van der Waals surface area contributed by atoms with Crippen LogP contribution in [-0.4, -0.2) is 100 Å². The fourth-order valence-electron chi connectivity index (χ4n) is 13.9. The van der Waals surface area contributed by atoms with Crippen LogP contribution in [0.2, 0.25) is 0 Å². The molecule has 8 N–H and O–H groups in total. The lowest BCUT2D eigenvalue weighted by Crippen LogP contribution is -2.44. The van der Waals surface area contributed by atoms with Gasteiger partial charge >= 0.3 is 6.03 Å². The van der Waals surface area contributed by atoms with Crippen molar-refractivity contribution < 1.29 is 9.90 Å². The zero-order valence-electron chi connectivity index (χ0n) is 55.5. The molecule has 0 atom stereocenters. The van der Waals surface area contributed by atoms with Crippen LogP contribution in [0.25, 0.3) is 128 Å². The van der Waals surface area contributed by atoms with Crippen LogP contribution in [0.3, 0.4) is 0 Å². The van der Waals surface area contributed by atoms with Crippen LogP contribution >= 0.6 is 0 Å². The molecule has 9 aromatic heterocycles. The van der Waals surface area contributed by atoms with Crippen molar-refractivity contribution >= 4 is 78.3 Å². The van der Waals surface area contributed by atoms with Crippen molar-refractivity contribution in [2.45, 2.75) is 51.0 Å². The third-order valence-electron chi connectivity index (χ3n) is 19.2. The van der Waals surface area contributed by atoms with Crippen molar-refractivity contribution in [2.75, 3.05) is 36.8 Å². The first kappa shape index (κ1) is 63.0. The lowest BCUT2D eigenvalue weighted by Gasteiger charge is -2.31. The molecule has 1 aliphatic heterocycles. The normalized spacial score (nSPS) is 14.6. The monoisotopic (exact) mass is 1330 g/mol. The Labute approximate surface area is 581 Å². The number of nitrogen functional groups attached to an aromatic ring is 3. The van der Waals surface area contributed by atoms with Crippen LogP contribution < -0.4 is 22.5 Å². The summed E-state index contributed by atoms with van der Waals surface area (Å²) in [6.07, 6.45) is 14.8. The molecule has 0 unspecified atom stereocenters. The molecule has 18 rings (SSSR count). The van der Waals surface area contributed by atoms with E-state index in [9.17, 15) is 9.90 Å². The number of nitrogens with two attached hydrogens (primary N) is 3. The summed E-state index contributed by atoms with van der Waals surface area (Å²) in [6, 6.07) is 71.9. The van der Waals surface area contributed by atoms with Crippen molar-refractivity contribution in [3.05, 3.63) is 261 Å². The SMILES string of the molecule is CCNC(=O)N1CCC(Cc2nc(-c3ccc4ccc(-c5ccccc5)nc4c3)c3c(N)nccn23)CC1.Nc1nccn2c(C3CC(O)C3)nc(-c3ccc4ccc(-c5ccccc5)nc4c3)c12.Nc1ncnc2c1c(-c1ccc3ccc(-c4ccccc4)nc3c1)cn2-c1ccccc1. The molecular weight excluding hydrogens is 1260 g/mol. The molecule has 1 saturated carbocycles. The molecule has 16 aromatic rings. The van der Waals surface area contributed by atoms with E-state index in [1.807, 2.05) is 107 Å². The second kappa shape index (κ2) is 27.3. The second-order valence-corrected chi connectivity index (χ2v) is 25.7. The average Bonchev–Trinajstić information content (AvgIpc) is 1.71. The number of carbonyl (C=O) groups excluding carboxylic acids is 1. The molecule has 0 radical (unpaired) electrons. The van der Waals surface area contributed by atoms with Crippen molar-refractivity contribution in [1.82, 2.24) is 68.4 Å². The van der Waals surface area contributed by atoms with E-state index >= 15 is 0 Å². The van der Waals surface area contributed by atoms with Gasteiger partial charge in [-0.15, -0.1) is 0 Å². The summed E-state index contributed by atoms with van der Waals surface area (Å²) in [5.41, 5.74) is 36.8. The van der Waals surface area contributed by atoms with Gasteiger partial charge in [-0.2, -0.15) is 0 Å². The van der Waals surface area contributed by atoms with Gasteiger partial charge in [-0.25, -0.2) is 49.7 Å². The molecular formula is C82H71N17O2. The number of para-hydroxylation sites is 1. The predicted octanol–water partition coefficient (Wildman–Crippen LogP) is 15.5. The lowest BCUT2D eigenvalue weighted by molar-refractivity contribution is 0.0715. The summed E-state index contributed by atoms with van der Waals surface area (Å²) in [7, 11) is 0. The molecule has 2 amide bonds. The maximum absolute atomic E-state index is 12.2. The Bertz CT molecular complexity index is 5710. The average molecular weight is 1330 g/mol. The van der Waals surface area contributed by atoms with Crippen molar-refractivity contribution in [3.63, 3.8) is 0 Å². The first-order valence-corrected chi connectivity index (χ1v) is 34.1. The van der Waals surface area contributed by atoms with Crippen molar-refractivity contribution in [1.29, 1.82) is 0 Å². The highest BCUT2D eigenvalue weighted by Gasteiger charge is 2.33. The van der Waals surface area contributed by atoms with Gasteiger partial charge in [-0.05, 0) is 92.6 Å². The van der Waals surface area contributed by atoms with Crippen LogP contribution in [0.4, 0.5) is 22.2 Å². The molecule has 0 bridgehead atoms. The number of hydrogen-bond donors (Lipinski definition) is 5. The van der Waals surface area contributed by atoms with Gasteiger partial charge in [0.15, 0.2) is 5.65 Å². The number of carbonyl (C=O) groups is 1. The number of aliphatic hydroxyl groups excluding tert-OH is 1. The zero-order valence-corrected chi connectivity index (χ0v) is 55.5. The minimum absolute atomic E-state index is 0.0266. The first-order chi connectivity index (χ1) is 49.5. The van der Waals surface area contributed by atoms with Crippen LogP contribution in [-0.2, 0) is 6.42 Å². The van der Waals surface area contributed by atoms with Gasteiger partial charge in [-0.1, -0.05) is 164 Å². The Kier molecular flexibility index (Phi) is 17.0. The highest BCUT2D eigenvalue weighted by atomic mass is 16.3. The van der Waals surface area contributed by atoms with Crippen LogP contribution in [0.15, 0.2) is 250 Å². The van der Waals surface area contributed by atoms with Gasteiger partial charge in [0.05, 0.1) is 45.1 Å². The number of anilines is 3. The molecule has 2 fully saturated rings. The number of pyridine rings is 3. The van der Waals surface area contributed by atoms with E-state index in [2.05, 4.69) is 174 Å². The predicted molar refractivity (Wildman–Crippen MR) is 402 cm³/mol. The summed E-state index contributed by atoms with van der Waals surface area (Å²) >= 11 is 0. The number of rotatable bonds is 11. The molecule has 10 heterocycles. The molecule has 19 nitrogen and oxygen atoms in total. The zero-order chi connectivity index (χ0) is 68.5. The van der Waals surface area contributed by atoms with Gasteiger partial charge < -0.3 is 37.1 Å². The van der Waals surface area contributed by atoms with Gasteiger partial charge in [-0.3, -0.25) is 8.80 Å². The van der Waals surface area contributed by atoms with Crippen molar-refractivity contribution in [2.24, 2.45) is 5.92 Å². The molecule has 2 aliphatic rings. The minimum Gasteiger partial charge on any atom is -0.393 e. The van der Waals surface area contributed by atoms with Crippen LogP contribution in [0.5, 0.6) is 0 Å². The number of imidazole rings is 2. The molecule has 1 saturated heterocycles. The number of likely N-dealkylation sites (tertiary alicyclic amines) is 1.